The van der Waals surface area contributed by atoms with E-state index < -0.39 is 0 Å². The molecule has 1 atom stereocenters. The Morgan fingerprint density at radius 1 is 1.33 bits per heavy atom. The quantitative estimate of drug-likeness (QED) is 0.860. The van der Waals surface area contributed by atoms with Crippen molar-refractivity contribution in [2.45, 2.75) is 45.8 Å². The summed E-state index contributed by atoms with van der Waals surface area (Å²) in [6.45, 7) is 6.28. The van der Waals surface area contributed by atoms with E-state index in [1.54, 1.807) is 0 Å². The van der Waals surface area contributed by atoms with Crippen molar-refractivity contribution < 1.29 is 9.26 Å². The van der Waals surface area contributed by atoms with Crippen molar-refractivity contribution in [3.8, 4) is 5.75 Å². The molecule has 0 spiro atoms. The standard InChI is InChI=1S/C15H20BrN3O2/c1-9(2)15-18-14(21-19-15)8-20-12-4-5-13(16)11(7-12)6-10(3)17/h4-5,7,9-10H,6,8,17H2,1-3H3. The molecule has 114 valence electrons. The third kappa shape index (κ3) is 4.54. The van der Waals surface area contributed by atoms with Gasteiger partial charge in [-0.15, -0.1) is 0 Å². The summed E-state index contributed by atoms with van der Waals surface area (Å²) in [7, 11) is 0. The Labute approximate surface area is 133 Å². The minimum Gasteiger partial charge on any atom is -0.484 e. The van der Waals surface area contributed by atoms with Gasteiger partial charge < -0.3 is 15.0 Å². The van der Waals surface area contributed by atoms with Crippen molar-refractivity contribution in [1.82, 2.24) is 10.1 Å². The van der Waals surface area contributed by atoms with Crippen LogP contribution in [0.4, 0.5) is 0 Å². The zero-order valence-corrected chi connectivity index (χ0v) is 14.1. The fraction of sp³-hybridized carbons (Fsp3) is 0.467. The highest BCUT2D eigenvalue weighted by Crippen LogP contribution is 2.24. The Morgan fingerprint density at radius 3 is 2.71 bits per heavy atom. The first-order valence-corrected chi connectivity index (χ1v) is 7.74. The molecule has 1 aromatic carbocycles. The molecule has 5 nitrogen and oxygen atoms in total. The molecule has 0 aliphatic heterocycles. The molecule has 0 radical (unpaired) electrons. The van der Waals surface area contributed by atoms with Crippen molar-refractivity contribution in [3.05, 3.63) is 40.0 Å². The molecule has 21 heavy (non-hydrogen) atoms. The molecule has 0 amide bonds. The maximum Gasteiger partial charge on any atom is 0.264 e. The average molecular weight is 354 g/mol. The van der Waals surface area contributed by atoms with Gasteiger partial charge in [0.15, 0.2) is 12.4 Å². The van der Waals surface area contributed by atoms with Crippen LogP contribution in [0.15, 0.2) is 27.2 Å². The summed E-state index contributed by atoms with van der Waals surface area (Å²) in [5.41, 5.74) is 6.97. The zero-order chi connectivity index (χ0) is 15.4. The highest BCUT2D eigenvalue weighted by Gasteiger charge is 2.11. The SMILES string of the molecule is CC(N)Cc1cc(OCc2nc(C(C)C)no2)ccc1Br. The van der Waals surface area contributed by atoms with Crippen LogP contribution in [0.3, 0.4) is 0 Å². The normalized spacial score (nSPS) is 12.7. The van der Waals surface area contributed by atoms with E-state index in [1.807, 2.05) is 39.0 Å². The summed E-state index contributed by atoms with van der Waals surface area (Å²) in [6, 6.07) is 5.93. The van der Waals surface area contributed by atoms with E-state index in [0.717, 1.165) is 22.2 Å². The maximum absolute atomic E-state index is 5.84. The number of ether oxygens (including phenoxy) is 1. The van der Waals surface area contributed by atoms with E-state index in [4.69, 9.17) is 15.0 Å². The summed E-state index contributed by atoms with van der Waals surface area (Å²) < 4.78 is 11.9. The minimum atomic E-state index is 0.0982. The van der Waals surface area contributed by atoms with Crippen LogP contribution in [-0.2, 0) is 13.0 Å². The molecule has 2 aromatic rings. The molecule has 1 heterocycles. The van der Waals surface area contributed by atoms with Gasteiger partial charge in [0.2, 0.25) is 0 Å². The number of aromatic nitrogens is 2. The van der Waals surface area contributed by atoms with Gasteiger partial charge in [-0.05, 0) is 37.1 Å². The molecule has 0 aliphatic carbocycles. The molecule has 6 heteroatoms. The number of hydrogen-bond donors (Lipinski definition) is 1. The number of benzene rings is 1. The number of nitrogens with two attached hydrogens (primary N) is 1. The summed E-state index contributed by atoms with van der Waals surface area (Å²) in [5.74, 6) is 2.18. The zero-order valence-electron chi connectivity index (χ0n) is 12.5. The predicted octanol–water partition coefficient (Wildman–Crippen LogP) is 3.42. The maximum atomic E-state index is 5.84. The van der Waals surface area contributed by atoms with E-state index >= 15 is 0 Å². The van der Waals surface area contributed by atoms with Crippen LogP contribution < -0.4 is 10.5 Å². The van der Waals surface area contributed by atoms with E-state index in [0.29, 0.717) is 11.7 Å². The van der Waals surface area contributed by atoms with Crippen LogP contribution in [0.25, 0.3) is 0 Å². The van der Waals surface area contributed by atoms with E-state index in [9.17, 15) is 0 Å². The highest BCUT2D eigenvalue weighted by molar-refractivity contribution is 9.10. The molecule has 1 aromatic heterocycles. The summed E-state index contributed by atoms with van der Waals surface area (Å²) in [6.07, 6.45) is 0.788. The largest absolute Gasteiger partial charge is 0.484 e. The minimum absolute atomic E-state index is 0.0982. The van der Waals surface area contributed by atoms with Gasteiger partial charge in [0.1, 0.15) is 5.75 Å². The fourth-order valence-electron chi connectivity index (χ4n) is 1.85. The van der Waals surface area contributed by atoms with Crippen molar-refractivity contribution >= 4 is 15.9 Å². The van der Waals surface area contributed by atoms with Gasteiger partial charge in [0.05, 0.1) is 0 Å². The molecule has 0 aliphatic rings. The Kier molecular flexibility index (Phi) is 5.36. The predicted molar refractivity (Wildman–Crippen MR) is 84.2 cm³/mol. The second-order valence-corrected chi connectivity index (χ2v) is 6.28. The van der Waals surface area contributed by atoms with Gasteiger partial charge >= 0.3 is 0 Å². The smallest absolute Gasteiger partial charge is 0.264 e. The molecule has 2 rings (SSSR count). The molecule has 0 saturated heterocycles. The summed E-state index contributed by atoms with van der Waals surface area (Å²) >= 11 is 3.52. The third-order valence-electron chi connectivity index (χ3n) is 2.92. The van der Waals surface area contributed by atoms with Crippen molar-refractivity contribution in [1.29, 1.82) is 0 Å². The lowest BCUT2D eigenvalue weighted by atomic mass is 10.1. The van der Waals surface area contributed by atoms with Crippen LogP contribution >= 0.6 is 15.9 Å². The van der Waals surface area contributed by atoms with E-state index in [2.05, 4.69) is 26.1 Å². The lowest BCUT2D eigenvalue weighted by Gasteiger charge is -2.10. The Balaban J connectivity index is 2.02. The molecule has 2 N–H and O–H groups in total. The Hall–Kier alpha value is -1.40. The lowest BCUT2D eigenvalue weighted by molar-refractivity contribution is 0.242. The average Bonchev–Trinajstić information content (AvgIpc) is 2.88. The first-order chi connectivity index (χ1) is 9.95. The monoisotopic (exact) mass is 353 g/mol. The fourth-order valence-corrected chi connectivity index (χ4v) is 2.26. The van der Waals surface area contributed by atoms with Crippen LogP contribution in [-0.4, -0.2) is 16.2 Å². The second kappa shape index (κ2) is 7.04. The highest BCUT2D eigenvalue weighted by atomic mass is 79.9. The first kappa shape index (κ1) is 16.0. The van der Waals surface area contributed by atoms with Gasteiger partial charge in [0, 0.05) is 16.4 Å². The first-order valence-electron chi connectivity index (χ1n) is 6.95. The third-order valence-corrected chi connectivity index (χ3v) is 3.70. The lowest BCUT2D eigenvalue weighted by Crippen LogP contribution is -2.18. The topological polar surface area (TPSA) is 74.2 Å². The molecule has 0 bridgehead atoms. The van der Waals surface area contributed by atoms with E-state index in [1.165, 1.54) is 0 Å². The van der Waals surface area contributed by atoms with Crippen molar-refractivity contribution in [2.24, 2.45) is 5.73 Å². The Bertz CT molecular complexity index is 596. The second-order valence-electron chi connectivity index (χ2n) is 5.42. The summed E-state index contributed by atoms with van der Waals surface area (Å²) in [4.78, 5) is 4.28. The Morgan fingerprint density at radius 2 is 2.10 bits per heavy atom. The summed E-state index contributed by atoms with van der Waals surface area (Å²) in [5, 5.41) is 3.91. The van der Waals surface area contributed by atoms with Gasteiger partial charge in [-0.2, -0.15) is 4.98 Å². The molecular weight excluding hydrogens is 334 g/mol. The van der Waals surface area contributed by atoms with Gasteiger partial charge in [0.25, 0.3) is 5.89 Å². The van der Waals surface area contributed by atoms with Gasteiger partial charge in [-0.25, -0.2) is 0 Å². The van der Waals surface area contributed by atoms with E-state index in [-0.39, 0.29) is 18.6 Å². The van der Waals surface area contributed by atoms with Crippen LogP contribution in [0.1, 0.15) is 44.0 Å². The van der Waals surface area contributed by atoms with Crippen LogP contribution in [0.5, 0.6) is 5.75 Å². The van der Waals surface area contributed by atoms with Crippen LogP contribution in [0.2, 0.25) is 0 Å². The van der Waals surface area contributed by atoms with Crippen molar-refractivity contribution in [3.63, 3.8) is 0 Å². The van der Waals surface area contributed by atoms with Gasteiger partial charge in [-0.3, -0.25) is 0 Å². The molecule has 1 unspecified atom stereocenters. The van der Waals surface area contributed by atoms with Gasteiger partial charge in [-0.1, -0.05) is 34.9 Å². The van der Waals surface area contributed by atoms with Crippen molar-refractivity contribution in [2.75, 3.05) is 0 Å². The number of rotatable bonds is 6. The number of halogens is 1. The molecule has 0 saturated carbocycles. The number of hydrogen-bond acceptors (Lipinski definition) is 5. The molecule has 0 fully saturated rings. The molecular formula is C15H20BrN3O2. The number of nitrogens with zero attached hydrogens (tertiary/aromatic N) is 2. The van der Waals surface area contributed by atoms with Crippen LogP contribution in [0, 0.1) is 0 Å².